The van der Waals surface area contributed by atoms with Gasteiger partial charge in [-0.05, 0) is 25.8 Å². The Morgan fingerprint density at radius 2 is 2.08 bits per heavy atom. The predicted molar refractivity (Wildman–Crippen MR) is 96.1 cm³/mol. The van der Waals surface area contributed by atoms with Gasteiger partial charge >= 0.3 is 0 Å². The number of carbonyl (C=O) groups is 1. The van der Waals surface area contributed by atoms with Crippen molar-refractivity contribution in [2.75, 3.05) is 6.54 Å². The quantitative estimate of drug-likeness (QED) is 0.757. The van der Waals surface area contributed by atoms with E-state index in [9.17, 15) is 4.79 Å². The van der Waals surface area contributed by atoms with Crippen molar-refractivity contribution in [2.24, 2.45) is 5.92 Å². The van der Waals surface area contributed by atoms with E-state index in [1.807, 2.05) is 37.5 Å². The van der Waals surface area contributed by atoms with Gasteiger partial charge in [0.1, 0.15) is 5.82 Å². The second kappa shape index (κ2) is 6.91. The van der Waals surface area contributed by atoms with Crippen LogP contribution < -0.4 is 5.32 Å². The van der Waals surface area contributed by atoms with Crippen LogP contribution in [-0.2, 0) is 13.1 Å². The average molecular weight is 324 g/mol. The minimum absolute atomic E-state index is 0.00685. The largest absolute Gasteiger partial charge is 0.352 e. The van der Waals surface area contributed by atoms with Gasteiger partial charge < -0.3 is 14.5 Å². The zero-order valence-electron chi connectivity index (χ0n) is 14.5. The molecule has 1 unspecified atom stereocenters. The van der Waals surface area contributed by atoms with Gasteiger partial charge in [-0.15, -0.1) is 0 Å². The van der Waals surface area contributed by atoms with Gasteiger partial charge in [0.15, 0.2) is 0 Å². The molecule has 126 valence electrons. The fourth-order valence-electron chi connectivity index (χ4n) is 3.05. The summed E-state index contributed by atoms with van der Waals surface area (Å²) in [4.78, 5) is 16.8. The third kappa shape index (κ3) is 3.20. The van der Waals surface area contributed by atoms with Crippen LogP contribution in [0.1, 0.15) is 30.0 Å². The van der Waals surface area contributed by atoms with E-state index in [-0.39, 0.29) is 5.91 Å². The molecule has 0 saturated carbocycles. The summed E-state index contributed by atoms with van der Waals surface area (Å²) < 4.78 is 4.22. The van der Waals surface area contributed by atoms with Crippen LogP contribution >= 0.6 is 0 Å². The Morgan fingerprint density at radius 1 is 1.29 bits per heavy atom. The van der Waals surface area contributed by atoms with E-state index in [1.165, 1.54) is 0 Å². The minimum atomic E-state index is -0.00685. The molecule has 2 heterocycles. The van der Waals surface area contributed by atoms with Gasteiger partial charge in [-0.2, -0.15) is 0 Å². The molecule has 0 radical (unpaired) electrons. The fourth-order valence-corrected chi connectivity index (χ4v) is 3.05. The molecule has 0 aliphatic carbocycles. The molecule has 0 aliphatic rings. The van der Waals surface area contributed by atoms with Crippen molar-refractivity contribution in [3.63, 3.8) is 0 Å². The van der Waals surface area contributed by atoms with E-state index < -0.39 is 0 Å². The van der Waals surface area contributed by atoms with Crippen LogP contribution in [0.3, 0.4) is 0 Å². The molecule has 0 aliphatic heterocycles. The summed E-state index contributed by atoms with van der Waals surface area (Å²) in [6.45, 7) is 8.55. The highest BCUT2D eigenvalue weighted by molar-refractivity contribution is 6.07. The van der Waals surface area contributed by atoms with Gasteiger partial charge in [-0.25, -0.2) is 4.98 Å². The number of hydrogen-bond acceptors (Lipinski definition) is 2. The third-order valence-electron chi connectivity index (χ3n) is 4.42. The average Bonchev–Trinajstić information content (AvgIpc) is 3.16. The van der Waals surface area contributed by atoms with Crippen molar-refractivity contribution < 1.29 is 4.79 Å². The zero-order valence-corrected chi connectivity index (χ0v) is 14.5. The molecule has 5 nitrogen and oxygen atoms in total. The van der Waals surface area contributed by atoms with E-state index in [4.69, 9.17) is 0 Å². The van der Waals surface area contributed by atoms with Gasteiger partial charge in [0.05, 0.1) is 5.56 Å². The first-order chi connectivity index (χ1) is 11.6. The molecule has 0 spiro atoms. The maximum atomic E-state index is 12.6. The molecule has 24 heavy (non-hydrogen) atoms. The highest BCUT2D eigenvalue weighted by atomic mass is 16.1. The van der Waals surface area contributed by atoms with Crippen molar-refractivity contribution in [1.82, 2.24) is 19.4 Å². The van der Waals surface area contributed by atoms with Crippen LogP contribution in [0.15, 0.2) is 42.9 Å². The normalized spacial score (nSPS) is 12.5. The van der Waals surface area contributed by atoms with Gasteiger partial charge in [0.25, 0.3) is 5.91 Å². The van der Waals surface area contributed by atoms with Crippen LogP contribution in [-0.4, -0.2) is 26.6 Å². The number of amides is 1. The second-order valence-corrected chi connectivity index (χ2v) is 6.29. The predicted octanol–water partition coefficient (Wildman–Crippen LogP) is 3.23. The SMILES string of the molecule is CCn1cc(C(=O)NCC(C)Cn2ccnc2C)c2ccccc21. The molecule has 5 heteroatoms. The molecular weight excluding hydrogens is 300 g/mol. The van der Waals surface area contributed by atoms with Gasteiger partial charge in [0, 0.05) is 49.1 Å². The molecule has 0 bridgehead atoms. The van der Waals surface area contributed by atoms with Crippen molar-refractivity contribution in [3.8, 4) is 0 Å². The van der Waals surface area contributed by atoms with E-state index in [0.717, 1.165) is 35.4 Å². The van der Waals surface area contributed by atoms with Crippen molar-refractivity contribution in [2.45, 2.75) is 33.9 Å². The van der Waals surface area contributed by atoms with Crippen molar-refractivity contribution >= 4 is 16.8 Å². The van der Waals surface area contributed by atoms with E-state index in [1.54, 1.807) is 6.20 Å². The highest BCUT2D eigenvalue weighted by Crippen LogP contribution is 2.21. The summed E-state index contributed by atoms with van der Waals surface area (Å²) in [5, 5.41) is 4.08. The highest BCUT2D eigenvalue weighted by Gasteiger charge is 2.15. The molecule has 0 saturated heterocycles. The Hall–Kier alpha value is -2.56. The monoisotopic (exact) mass is 324 g/mol. The Bertz CT molecular complexity index is 846. The molecule has 0 fully saturated rings. The standard InChI is InChI=1S/C19H24N4O/c1-4-22-13-17(16-7-5-6-8-18(16)22)19(24)21-11-14(2)12-23-10-9-20-15(23)3/h5-10,13-14H,4,11-12H2,1-3H3,(H,21,24). The second-order valence-electron chi connectivity index (χ2n) is 6.29. The Balaban J connectivity index is 1.68. The number of nitrogens with zero attached hydrogens (tertiary/aromatic N) is 3. The smallest absolute Gasteiger partial charge is 0.253 e. The number of aryl methyl sites for hydroxylation is 2. The lowest BCUT2D eigenvalue weighted by Crippen LogP contribution is -2.30. The lowest BCUT2D eigenvalue weighted by atomic mass is 10.1. The summed E-state index contributed by atoms with van der Waals surface area (Å²) in [5.41, 5.74) is 1.85. The Morgan fingerprint density at radius 3 is 2.79 bits per heavy atom. The van der Waals surface area contributed by atoms with E-state index in [2.05, 4.69) is 39.3 Å². The van der Waals surface area contributed by atoms with Crippen LogP contribution in [0.4, 0.5) is 0 Å². The van der Waals surface area contributed by atoms with Crippen molar-refractivity contribution in [1.29, 1.82) is 0 Å². The lowest BCUT2D eigenvalue weighted by Gasteiger charge is -2.14. The maximum Gasteiger partial charge on any atom is 0.253 e. The Labute approximate surface area is 142 Å². The summed E-state index contributed by atoms with van der Waals surface area (Å²) in [6.07, 6.45) is 5.73. The number of carbonyl (C=O) groups excluding carboxylic acids is 1. The number of aromatic nitrogens is 3. The summed E-state index contributed by atoms with van der Waals surface area (Å²) in [7, 11) is 0. The first kappa shape index (κ1) is 16.3. The molecule has 3 rings (SSSR count). The molecular formula is C19H24N4O. The maximum absolute atomic E-state index is 12.6. The first-order valence-electron chi connectivity index (χ1n) is 8.44. The van der Waals surface area contributed by atoms with Crippen molar-refractivity contribution in [3.05, 3.63) is 54.2 Å². The molecule has 1 aromatic carbocycles. The van der Waals surface area contributed by atoms with Crippen LogP contribution in [0.5, 0.6) is 0 Å². The molecule has 3 aromatic rings. The molecule has 1 N–H and O–H groups in total. The number of nitrogens with one attached hydrogen (secondary N) is 1. The Kier molecular flexibility index (Phi) is 4.69. The van der Waals surface area contributed by atoms with Crippen LogP contribution in [0, 0.1) is 12.8 Å². The van der Waals surface area contributed by atoms with Gasteiger partial charge in [-0.3, -0.25) is 4.79 Å². The van der Waals surface area contributed by atoms with Crippen LogP contribution in [0.2, 0.25) is 0 Å². The van der Waals surface area contributed by atoms with Crippen LogP contribution in [0.25, 0.3) is 10.9 Å². The number of fused-ring (bicyclic) bond motifs is 1. The van der Waals surface area contributed by atoms with E-state index >= 15 is 0 Å². The molecule has 2 aromatic heterocycles. The number of imidazole rings is 1. The van der Waals surface area contributed by atoms with Gasteiger partial charge in [0.2, 0.25) is 0 Å². The number of rotatable bonds is 6. The summed E-state index contributed by atoms with van der Waals surface area (Å²) >= 11 is 0. The number of benzene rings is 1. The fraction of sp³-hybridized carbons (Fsp3) is 0.368. The lowest BCUT2D eigenvalue weighted by molar-refractivity contribution is 0.0948. The third-order valence-corrected chi connectivity index (χ3v) is 4.42. The topological polar surface area (TPSA) is 51.9 Å². The summed E-state index contributed by atoms with van der Waals surface area (Å²) in [5.74, 6) is 1.33. The molecule has 1 amide bonds. The number of para-hydroxylation sites is 1. The zero-order chi connectivity index (χ0) is 17.1. The summed E-state index contributed by atoms with van der Waals surface area (Å²) in [6, 6.07) is 8.05. The first-order valence-corrected chi connectivity index (χ1v) is 8.44. The molecule has 1 atom stereocenters. The van der Waals surface area contributed by atoms with Gasteiger partial charge in [-0.1, -0.05) is 25.1 Å². The van der Waals surface area contributed by atoms with E-state index in [0.29, 0.717) is 12.5 Å². The minimum Gasteiger partial charge on any atom is -0.352 e. The number of hydrogen-bond donors (Lipinski definition) is 1.